The molecule has 1 N–H and O–H groups in total. The first-order valence-electron chi connectivity index (χ1n) is 5.06. The first kappa shape index (κ1) is 12.0. The normalized spacial score (nSPS) is 10.2. The summed E-state index contributed by atoms with van der Waals surface area (Å²) in [7, 11) is 0. The Labute approximate surface area is 108 Å². The third-order valence-electron chi connectivity index (χ3n) is 2.20. The minimum Gasteiger partial charge on any atom is -0.351 e. The number of nitrogens with zero attached hydrogens (tertiary/aromatic N) is 2. The van der Waals surface area contributed by atoms with Gasteiger partial charge < -0.3 is 5.32 Å². The summed E-state index contributed by atoms with van der Waals surface area (Å²) in [5.74, 6) is -0.131. The second-order valence-corrected chi connectivity index (χ2v) is 4.64. The van der Waals surface area contributed by atoms with Crippen molar-refractivity contribution in [1.29, 1.82) is 0 Å². The van der Waals surface area contributed by atoms with Gasteiger partial charge in [0.15, 0.2) is 0 Å². The third kappa shape index (κ3) is 3.51. The number of carbonyl (C=O) groups is 1. The molecule has 2 rings (SSSR count). The summed E-state index contributed by atoms with van der Waals surface area (Å²) in [6.45, 7) is 0.582. The molecule has 1 amide bonds. The number of hydrogen-bond donors (Lipinski definition) is 1. The van der Waals surface area contributed by atoms with Crippen molar-refractivity contribution in [1.82, 2.24) is 14.9 Å². The van der Waals surface area contributed by atoms with Crippen LogP contribution < -0.4 is 5.32 Å². The van der Waals surface area contributed by atoms with Crippen molar-refractivity contribution in [3.63, 3.8) is 0 Å². The van der Waals surface area contributed by atoms with Gasteiger partial charge in [-0.1, -0.05) is 28.2 Å². The maximum Gasteiger partial charge on any atom is 0.264 e. The Kier molecular flexibility index (Phi) is 4.06. The van der Waals surface area contributed by atoms with Crippen LogP contribution in [0.5, 0.6) is 0 Å². The third-order valence-corrected chi connectivity index (χ3v) is 3.11. The smallest absolute Gasteiger partial charge is 0.264 e. The van der Waals surface area contributed by atoms with E-state index in [9.17, 15) is 4.79 Å². The molecule has 0 saturated heterocycles. The Balaban J connectivity index is 1.80. The predicted molar refractivity (Wildman–Crippen MR) is 67.4 cm³/mol. The molecule has 1 aromatic carbocycles. The van der Waals surface area contributed by atoms with Gasteiger partial charge in [-0.2, -0.15) is 0 Å². The topological polar surface area (TPSA) is 54.9 Å². The van der Waals surface area contributed by atoms with E-state index in [1.54, 1.807) is 0 Å². The highest BCUT2D eigenvalue weighted by atomic mass is 35.5. The highest BCUT2D eigenvalue weighted by molar-refractivity contribution is 7.07. The van der Waals surface area contributed by atoms with E-state index < -0.39 is 0 Å². The van der Waals surface area contributed by atoms with Gasteiger partial charge in [-0.3, -0.25) is 4.79 Å². The molecule has 0 spiro atoms. The summed E-state index contributed by atoms with van der Waals surface area (Å²) in [5, 5.41) is 7.14. The van der Waals surface area contributed by atoms with E-state index in [2.05, 4.69) is 14.9 Å². The number of hydrogen-bond acceptors (Lipinski definition) is 4. The van der Waals surface area contributed by atoms with E-state index in [-0.39, 0.29) is 5.91 Å². The van der Waals surface area contributed by atoms with Crippen LogP contribution in [0.25, 0.3) is 0 Å². The van der Waals surface area contributed by atoms with E-state index in [1.807, 2.05) is 24.3 Å². The minimum atomic E-state index is -0.131. The zero-order chi connectivity index (χ0) is 12.1. The molecule has 0 aliphatic carbocycles. The minimum absolute atomic E-state index is 0.131. The Morgan fingerprint density at radius 2 is 2.12 bits per heavy atom. The lowest BCUT2D eigenvalue weighted by atomic mass is 10.1. The van der Waals surface area contributed by atoms with Crippen molar-refractivity contribution in [2.45, 2.75) is 6.42 Å². The molecule has 88 valence electrons. The molecule has 0 atom stereocenters. The maximum atomic E-state index is 11.5. The van der Waals surface area contributed by atoms with Gasteiger partial charge in [0.05, 0.1) is 6.20 Å². The van der Waals surface area contributed by atoms with Gasteiger partial charge >= 0.3 is 0 Å². The quantitative estimate of drug-likeness (QED) is 0.924. The van der Waals surface area contributed by atoms with Gasteiger partial charge in [0.1, 0.15) is 4.88 Å². The van der Waals surface area contributed by atoms with Crippen LogP contribution in [0.2, 0.25) is 5.02 Å². The van der Waals surface area contributed by atoms with Crippen LogP contribution in [0.4, 0.5) is 0 Å². The second kappa shape index (κ2) is 5.75. The summed E-state index contributed by atoms with van der Waals surface area (Å²) in [5.41, 5.74) is 1.14. The number of benzene rings is 1. The van der Waals surface area contributed by atoms with Crippen LogP contribution in [0.3, 0.4) is 0 Å². The molecule has 1 heterocycles. The highest BCUT2D eigenvalue weighted by Gasteiger charge is 2.06. The highest BCUT2D eigenvalue weighted by Crippen LogP contribution is 2.09. The molecule has 2 aromatic rings. The average Bonchev–Trinajstić information content (AvgIpc) is 2.85. The van der Waals surface area contributed by atoms with Crippen LogP contribution in [0.1, 0.15) is 15.2 Å². The van der Waals surface area contributed by atoms with E-state index in [0.717, 1.165) is 23.5 Å². The lowest BCUT2D eigenvalue weighted by Crippen LogP contribution is -2.24. The molecule has 0 bridgehead atoms. The maximum absolute atomic E-state index is 11.5. The van der Waals surface area contributed by atoms with Crippen molar-refractivity contribution < 1.29 is 4.79 Å². The van der Waals surface area contributed by atoms with E-state index in [1.165, 1.54) is 6.20 Å². The fourth-order valence-corrected chi connectivity index (χ4v) is 1.88. The van der Waals surface area contributed by atoms with Crippen molar-refractivity contribution >= 4 is 29.0 Å². The molecule has 6 heteroatoms. The summed E-state index contributed by atoms with van der Waals surface area (Å²) in [6, 6.07) is 7.57. The van der Waals surface area contributed by atoms with Crippen LogP contribution >= 0.6 is 23.1 Å². The molecule has 0 fully saturated rings. The molecule has 0 radical (unpaired) electrons. The first-order chi connectivity index (χ1) is 8.25. The molecular formula is C11H10ClN3OS. The number of halogens is 1. The van der Waals surface area contributed by atoms with Gasteiger partial charge in [-0.25, -0.2) is 0 Å². The molecule has 17 heavy (non-hydrogen) atoms. The Bertz CT molecular complexity index is 484. The lowest BCUT2D eigenvalue weighted by Gasteiger charge is -2.03. The molecule has 4 nitrogen and oxygen atoms in total. The Morgan fingerprint density at radius 1 is 1.35 bits per heavy atom. The van der Waals surface area contributed by atoms with Crippen LogP contribution in [0, 0.1) is 0 Å². The largest absolute Gasteiger partial charge is 0.351 e. The zero-order valence-corrected chi connectivity index (χ0v) is 10.5. The van der Waals surface area contributed by atoms with Gasteiger partial charge in [0, 0.05) is 11.6 Å². The number of amides is 1. The van der Waals surface area contributed by atoms with Crippen molar-refractivity contribution in [2.24, 2.45) is 0 Å². The van der Waals surface area contributed by atoms with Crippen LogP contribution in [0.15, 0.2) is 30.5 Å². The first-order valence-corrected chi connectivity index (χ1v) is 6.21. The van der Waals surface area contributed by atoms with Crippen LogP contribution in [-0.2, 0) is 6.42 Å². The SMILES string of the molecule is O=C(NCCc1ccc(Cl)cc1)c1cnns1. The fraction of sp³-hybridized carbons (Fsp3) is 0.182. The van der Waals surface area contributed by atoms with Crippen LogP contribution in [-0.4, -0.2) is 22.0 Å². The monoisotopic (exact) mass is 267 g/mol. The number of carbonyl (C=O) groups excluding carboxylic acids is 1. The second-order valence-electron chi connectivity index (χ2n) is 3.41. The fourth-order valence-electron chi connectivity index (χ4n) is 1.33. The van der Waals surface area contributed by atoms with E-state index in [4.69, 9.17) is 11.6 Å². The van der Waals surface area contributed by atoms with Crippen molar-refractivity contribution in [3.05, 3.63) is 45.9 Å². The van der Waals surface area contributed by atoms with Gasteiger partial charge in [0.2, 0.25) is 0 Å². The number of nitrogens with one attached hydrogen (secondary N) is 1. The van der Waals surface area contributed by atoms with Gasteiger partial charge in [-0.05, 0) is 35.6 Å². The Morgan fingerprint density at radius 3 is 2.76 bits per heavy atom. The average molecular weight is 268 g/mol. The van der Waals surface area contributed by atoms with E-state index in [0.29, 0.717) is 16.4 Å². The number of rotatable bonds is 4. The Hall–Kier alpha value is -1.46. The van der Waals surface area contributed by atoms with Crippen molar-refractivity contribution in [3.8, 4) is 0 Å². The molecule has 0 saturated carbocycles. The van der Waals surface area contributed by atoms with Gasteiger partial charge in [-0.15, -0.1) is 5.10 Å². The summed E-state index contributed by atoms with van der Waals surface area (Å²) < 4.78 is 3.64. The number of aromatic nitrogens is 2. The molecular weight excluding hydrogens is 258 g/mol. The summed E-state index contributed by atoms with van der Waals surface area (Å²) >= 11 is 6.87. The standard InChI is InChI=1S/C11H10ClN3OS/c12-9-3-1-8(2-4-9)5-6-13-11(16)10-7-14-15-17-10/h1-4,7H,5-6H2,(H,13,16). The van der Waals surface area contributed by atoms with E-state index >= 15 is 0 Å². The molecule has 0 aliphatic heterocycles. The molecule has 1 aromatic heterocycles. The van der Waals surface area contributed by atoms with Crippen molar-refractivity contribution in [2.75, 3.05) is 6.54 Å². The zero-order valence-electron chi connectivity index (χ0n) is 8.89. The summed E-state index contributed by atoms with van der Waals surface area (Å²) in [6.07, 6.45) is 2.23. The molecule has 0 unspecified atom stereocenters. The summed E-state index contributed by atoms with van der Waals surface area (Å²) in [4.78, 5) is 12.1. The predicted octanol–water partition coefficient (Wildman–Crippen LogP) is 2.16. The lowest BCUT2D eigenvalue weighted by molar-refractivity contribution is 0.0958. The van der Waals surface area contributed by atoms with Gasteiger partial charge in [0.25, 0.3) is 5.91 Å². The molecule has 0 aliphatic rings.